The quantitative estimate of drug-likeness (QED) is 0.840. The molecule has 1 N–H and O–H groups in total. The van der Waals surface area contributed by atoms with Gasteiger partial charge in [-0.2, -0.15) is 0 Å². The monoisotopic (exact) mass is 248 g/mol. The van der Waals surface area contributed by atoms with Gasteiger partial charge in [-0.25, -0.2) is 9.97 Å². The Bertz CT molecular complexity index is 405. The van der Waals surface area contributed by atoms with Crippen molar-refractivity contribution in [2.75, 3.05) is 30.4 Å². The second-order valence-electron chi connectivity index (χ2n) is 5.27. The average molecular weight is 248 g/mol. The largest absolute Gasteiger partial charge is 0.370 e. The lowest BCUT2D eigenvalue weighted by Crippen LogP contribution is -2.22. The van der Waals surface area contributed by atoms with Crippen molar-refractivity contribution in [1.82, 2.24) is 9.97 Å². The third-order valence-corrected chi connectivity index (χ3v) is 3.61. The molecule has 1 fully saturated rings. The van der Waals surface area contributed by atoms with E-state index in [4.69, 9.17) is 0 Å². The molecule has 0 aliphatic heterocycles. The van der Waals surface area contributed by atoms with Crippen LogP contribution in [0.3, 0.4) is 0 Å². The third kappa shape index (κ3) is 3.12. The van der Waals surface area contributed by atoms with Crippen LogP contribution in [0.1, 0.15) is 33.0 Å². The fourth-order valence-electron chi connectivity index (χ4n) is 2.21. The summed E-state index contributed by atoms with van der Waals surface area (Å²) in [5.41, 5.74) is 0. The molecule has 0 spiro atoms. The SMILES string of the molecule is CCNc1cc(N(C)CC2CC2C)nc(CC)n1. The standard InChI is InChI=1S/C14H24N4/c1-5-12-16-13(15-6-2)8-14(17-12)18(4)9-11-7-10(11)3/h8,10-11H,5-7,9H2,1-4H3,(H,15,16,17). The molecule has 1 aliphatic rings. The Balaban J connectivity index is 2.11. The van der Waals surface area contributed by atoms with Gasteiger partial charge in [0.1, 0.15) is 17.5 Å². The molecular formula is C14H24N4. The van der Waals surface area contributed by atoms with Gasteiger partial charge in [0.25, 0.3) is 0 Å². The third-order valence-electron chi connectivity index (χ3n) is 3.61. The number of nitrogens with one attached hydrogen (secondary N) is 1. The van der Waals surface area contributed by atoms with Crippen molar-refractivity contribution in [3.05, 3.63) is 11.9 Å². The smallest absolute Gasteiger partial charge is 0.134 e. The lowest BCUT2D eigenvalue weighted by atomic mass is 10.3. The van der Waals surface area contributed by atoms with Gasteiger partial charge in [0.2, 0.25) is 0 Å². The van der Waals surface area contributed by atoms with Crippen molar-refractivity contribution >= 4 is 11.6 Å². The minimum absolute atomic E-state index is 0.845. The van der Waals surface area contributed by atoms with Crippen LogP contribution >= 0.6 is 0 Å². The Kier molecular flexibility index (Phi) is 4.04. The lowest BCUT2D eigenvalue weighted by molar-refractivity contribution is 0.716. The first-order chi connectivity index (χ1) is 8.63. The van der Waals surface area contributed by atoms with Crippen LogP contribution in [0.15, 0.2) is 6.07 Å². The van der Waals surface area contributed by atoms with Crippen molar-refractivity contribution in [3.63, 3.8) is 0 Å². The van der Waals surface area contributed by atoms with Crippen molar-refractivity contribution in [2.24, 2.45) is 11.8 Å². The zero-order valence-electron chi connectivity index (χ0n) is 11.9. The van der Waals surface area contributed by atoms with E-state index >= 15 is 0 Å². The van der Waals surface area contributed by atoms with Crippen molar-refractivity contribution in [3.8, 4) is 0 Å². The molecule has 1 heterocycles. The number of anilines is 2. The second kappa shape index (κ2) is 5.55. The molecule has 18 heavy (non-hydrogen) atoms. The summed E-state index contributed by atoms with van der Waals surface area (Å²) in [7, 11) is 2.13. The molecule has 1 aromatic heterocycles. The highest BCUT2D eigenvalue weighted by Crippen LogP contribution is 2.38. The number of nitrogens with zero attached hydrogens (tertiary/aromatic N) is 3. The summed E-state index contributed by atoms with van der Waals surface area (Å²) in [4.78, 5) is 11.4. The maximum absolute atomic E-state index is 4.61. The number of rotatable bonds is 6. The van der Waals surface area contributed by atoms with Crippen molar-refractivity contribution in [1.29, 1.82) is 0 Å². The number of hydrogen-bond acceptors (Lipinski definition) is 4. The van der Waals surface area contributed by atoms with Crippen molar-refractivity contribution < 1.29 is 0 Å². The molecule has 2 unspecified atom stereocenters. The molecule has 0 saturated heterocycles. The second-order valence-corrected chi connectivity index (χ2v) is 5.27. The van der Waals surface area contributed by atoms with Gasteiger partial charge in [0.05, 0.1) is 0 Å². The van der Waals surface area contributed by atoms with Gasteiger partial charge in [-0.05, 0) is 25.2 Å². The molecular weight excluding hydrogens is 224 g/mol. The van der Waals surface area contributed by atoms with Gasteiger partial charge in [0.15, 0.2) is 0 Å². The first-order valence-electron chi connectivity index (χ1n) is 6.97. The number of hydrogen-bond donors (Lipinski definition) is 1. The Labute approximate surface area is 110 Å². The summed E-state index contributed by atoms with van der Waals surface area (Å²) in [6.07, 6.45) is 2.23. The fourth-order valence-corrected chi connectivity index (χ4v) is 2.21. The van der Waals surface area contributed by atoms with Crippen LogP contribution in [0.5, 0.6) is 0 Å². The van der Waals surface area contributed by atoms with E-state index in [1.807, 2.05) is 0 Å². The van der Waals surface area contributed by atoms with Gasteiger partial charge in [-0.3, -0.25) is 0 Å². The molecule has 0 amide bonds. The van der Waals surface area contributed by atoms with E-state index in [2.05, 4.69) is 54.1 Å². The summed E-state index contributed by atoms with van der Waals surface area (Å²) < 4.78 is 0. The number of aromatic nitrogens is 2. The Hall–Kier alpha value is -1.32. The Morgan fingerprint density at radius 2 is 2.11 bits per heavy atom. The normalized spacial score (nSPS) is 21.8. The molecule has 1 aliphatic carbocycles. The molecule has 2 atom stereocenters. The molecule has 100 valence electrons. The van der Waals surface area contributed by atoms with Crippen LogP contribution in [0.2, 0.25) is 0 Å². The number of aryl methyl sites for hydroxylation is 1. The van der Waals surface area contributed by atoms with Crippen molar-refractivity contribution in [2.45, 2.75) is 33.6 Å². The van der Waals surface area contributed by atoms with Crippen LogP contribution in [-0.4, -0.2) is 30.1 Å². The molecule has 4 nitrogen and oxygen atoms in total. The van der Waals surface area contributed by atoms with Crippen LogP contribution in [0.4, 0.5) is 11.6 Å². The highest BCUT2D eigenvalue weighted by atomic mass is 15.2. The van der Waals surface area contributed by atoms with Crippen LogP contribution in [0, 0.1) is 11.8 Å². The summed E-state index contributed by atoms with van der Waals surface area (Å²) in [6, 6.07) is 2.05. The fraction of sp³-hybridized carbons (Fsp3) is 0.714. The average Bonchev–Trinajstić information content (AvgIpc) is 3.04. The van der Waals surface area contributed by atoms with E-state index in [1.54, 1.807) is 0 Å². The van der Waals surface area contributed by atoms with E-state index in [0.29, 0.717) is 0 Å². The molecule has 0 bridgehead atoms. The van der Waals surface area contributed by atoms with Gasteiger partial charge in [-0.15, -0.1) is 0 Å². The highest BCUT2D eigenvalue weighted by molar-refractivity contribution is 5.49. The van der Waals surface area contributed by atoms with E-state index in [9.17, 15) is 0 Å². The predicted octanol–water partition coefficient (Wildman–Crippen LogP) is 2.56. The van der Waals surface area contributed by atoms with Gasteiger partial charge in [0, 0.05) is 32.6 Å². The zero-order valence-corrected chi connectivity index (χ0v) is 11.9. The molecule has 0 aromatic carbocycles. The lowest BCUT2D eigenvalue weighted by Gasteiger charge is -2.19. The predicted molar refractivity (Wildman–Crippen MR) is 76.1 cm³/mol. The summed E-state index contributed by atoms with van der Waals surface area (Å²) in [5.74, 6) is 4.62. The van der Waals surface area contributed by atoms with Crippen LogP contribution in [0.25, 0.3) is 0 Å². The van der Waals surface area contributed by atoms with E-state index in [1.165, 1.54) is 6.42 Å². The first-order valence-corrected chi connectivity index (χ1v) is 6.97. The topological polar surface area (TPSA) is 41.0 Å². The molecule has 1 saturated carbocycles. The maximum Gasteiger partial charge on any atom is 0.134 e. The zero-order chi connectivity index (χ0) is 13.1. The van der Waals surface area contributed by atoms with E-state index in [0.717, 1.165) is 48.8 Å². The van der Waals surface area contributed by atoms with Crippen LogP contribution in [-0.2, 0) is 6.42 Å². The molecule has 2 rings (SSSR count). The van der Waals surface area contributed by atoms with Gasteiger partial charge >= 0.3 is 0 Å². The van der Waals surface area contributed by atoms with Gasteiger partial charge in [-0.1, -0.05) is 13.8 Å². The van der Waals surface area contributed by atoms with E-state index < -0.39 is 0 Å². The minimum Gasteiger partial charge on any atom is -0.370 e. The van der Waals surface area contributed by atoms with Gasteiger partial charge < -0.3 is 10.2 Å². The minimum atomic E-state index is 0.845. The van der Waals surface area contributed by atoms with E-state index in [-0.39, 0.29) is 0 Å². The maximum atomic E-state index is 4.61. The molecule has 0 radical (unpaired) electrons. The summed E-state index contributed by atoms with van der Waals surface area (Å²) in [6.45, 7) is 8.50. The highest BCUT2D eigenvalue weighted by Gasteiger charge is 2.33. The Morgan fingerprint density at radius 3 is 2.67 bits per heavy atom. The molecule has 1 aromatic rings. The first kappa shape index (κ1) is 13.1. The summed E-state index contributed by atoms with van der Waals surface area (Å²) >= 11 is 0. The molecule has 4 heteroatoms. The Morgan fingerprint density at radius 1 is 1.39 bits per heavy atom. The van der Waals surface area contributed by atoms with Crippen LogP contribution < -0.4 is 10.2 Å². The summed E-state index contributed by atoms with van der Waals surface area (Å²) in [5, 5.41) is 3.28.